The fourth-order valence-corrected chi connectivity index (χ4v) is 2.56. The predicted molar refractivity (Wildman–Crippen MR) is 80.9 cm³/mol. The maximum atomic E-state index is 12.2. The largest absolute Gasteiger partial charge is 0.480 e. The number of amides is 2. The van der Waals surface area contributed by atoms with Gasteiger partial charge in [0.1, 0.15) is 17.6 Å². The Bertz CT molecular complexity index is 676. The van der Waals surface area contributed by atoms with E-state index in [0.29, 0.717) is 34.7 Å². The molecule has 21 heavy (non-hydrogen) atoms. The molecular formula is C12H13ClN4O3S. The topological polar surface area (TPSA) is 95.4 Å². The van der Waals surface area contributed by atoms with Gasteiger partial charge in [-0.2, -0.15) is 8.75 Å². The van der Waals surface area contributed by atoms with Crippen molar-refractivity contribution in [2.24, 2.45) is 0 Å². The fourth-order valence-electron chi connectivity index (χ4n) is 1.82. The first kappa shape index (κ1) is 15.5. The number of hydrogen-bond acceptors (Lipinski definition) is 5. The fraction of sp³-hybridized carbons (Fsp3) is 0.333. The van der Waals surface area contributed by atoms with Crippen molar-refractivity contribution in [1.82, 2.24) is 13.6 Å². The molecule has 2 amide bonds. The van der Waals surface area contributed by atoms with Crippen molar-refractivity contribution in [1.29, 1.82) is 0 Å². The smallest absolute Gasteiger partial charge is 0.323 e. The Labute approximate surface area is 129 Å². The van der Waals surface area contributed by atoms with Crippen LogP contribution in [0.4, 0.5) is 10.5 Å². The quantitative estimate of drug-likeness (QED) is 0.879. The molecule has 2 N–H and O–H groups in total. The first-order chi connectivity index (χ1) is 10.0. The molecule has 0 bridgehead atoms. The van der Waals surface area contributed by atoms with E-state index in [0.717, 1.165) is 11.7 Å². The minimum absolute atomic E-state index is 0.329. The zero-order chi connectivity index (χ0) is 15.4. The van der Waals surface area contributed by atoms with Crippen molar-refractivity contribution < 1.29 is 14.7 Å². The van der Waals surface area contributed by atoms with Gasteiger partial charge >= 0.3 is 12.0 Å². The number of carboxylic acid groups (broad SMARTS) is 1. The molecule has 0 spiro atoms. The first-order valence-corrected chi connectivity index (χ1v) is 7.32. The first-order valence-electron chi connectivity index (χ1n) is 6.21. The molecule has 7 nitrogen and oxygen atoms in total. The Morgan fingerprint density at radius 2 is 2.19 bits per heavy atom. The number of aliphatic carboxylic acids is 1. The molecule has 0 unspecified atom stereocenters. The Morgan fingerprint density at radius 1 is 1.43 bits per heavy atom. The Kier molecular flexibility index (Phi) is 4.92. The van der Waals surface area contributed by atoms with Gasteiger partial charge in [-0.3, -0.25) is 4.79 Å². The highest BCUT2D eigenvalue weighted by Crippen LogP contribution is 2.30. The lowest BCUT2D eigenvalue weighted by Crippen LogP contribution is -2.39. The second kappa shape index (κ2) is 6.68. The number of benzene rings is 1. The zero-order valence-corrected chi connectivity index (χ0v) is 12.7. The third-order valence-corrected chi connectivity index (χ3v) is 3.57. The van der Waals surface area contributed by atoms with E-state index in [1.807, 2.05) is 6.92 Å². The summed E-state index contributed by atoms with van der Waals surface area (Å²) in [6.07, 6.45) is 0.650. The second-order valence-corrected chi connectivity index (χ2v) is 5.24. The molecule has 0 aliphatic heterocycles. The summed E-state index contributed by atoms with van der Waals surface area (Å²) in [5.74, 6) is -1.07. The predicted octanol–water partition coefficient (Wildman–Crippen LogP) is 2.67. The van der Waals surface area contributed by atoms with Crippen LogP contribution in [0.5, 0.6) is 0 Å². The van der Waals surface area contributed by atoms with Gasteiger partial charge in [0, 0.05) is 6.54 Å². The molecule has 0 aliphatic carbocycles. The normalized spacial score (nSPS) is 10.6. The summed E-state index contributed by atoms with van der Waals surface area (Å²) in [6.45, 7) is 1.82. The van der Waals surface area contributed by atoms with Crippen molar-refractivity contribution >= 4 is 52.1 Å². The summed E-state index contributed by atoms with van der Waals surface area (Å²) in [5, 5.41) is 11.8. The average molecular weight is 329 g/mol. The van der Waals surface area contributed by atoms with Gasteiger partial charge < -0.3 is 15.3 Å². The van der Waals surface area contributed by atoms with Crippen LogP contribution in [0.1, 0.15) is 13.3 Å². The lowest BCUT2D eigenvalue weighted by atomic mass is 10.2. The SMILES string of the molecule is CCCN(CC(=O)O)C(=O)Nc1c(Cl)ccc2nsnc12. The maximum Gasteiger partial charge on any atom is 0.323 e. The summed E-state index contributed by atoms with van der Waals surface area (Å²) >= 11 is 7.09. The highest BCUT2D eigenvalue weighted by Gasteiger charge is 2.19. The van der Waals surface area contributed by atoms with E-state index in [1.54, 1.807) is 12.1 Å². The second-order valence-electron chi connectivity index (χ2n) is 4.30. The molecule has 2 aromatic rings. The van der Waals surface area contributed by atoms with E-state index in [9.17, 15) is 9.59 Å². The van der Waals surface area contributed by atoms with E-state index in [4.69, 9.17) is 16.7 Å². The van der Waals surface area contributed by atoms with Crippen molar-refractivity contribution in [2.75, 3.05) is 18.4 Å². The number of anilines is 1. The maximum absolute atomic E-state index is 12.2. The Hall–Kier alpha value is -1.93. The van der Waals surface area contributed by atoms with Gasteiger partial charge in [0.15, 0.2) is 0 Å². The number of rotatable bonds is 5. The molecule has 1 aromatic carbocycles. The van der Waals surface area contributed by atoms with E-state index in [1.165, 1.54) is 4.90 Å². The minimum atomic E-state index is -1.07. The lowest BCUT2D eigenvalue weighted by Gasteiger charge is -2.20. The molecule has 0 aliphatic rings. The van der Waals surface area contributed by atoms with E-state index >= 15 is 0 Å². The number of aromatic nitrogens is 2. The van der Waals surface area contributed by atoms with Crippen molar-refractivity contribution in [3.8, 4) is 0 Å². The Morgan fingerprint density at radius 3 is 2.86 bits per heavy atom. The molecule has 1 heterocycles. The van der Waals surface area contributed by atoms with Crippen LogP contribution in [-0.2, 0) is 4.79 Å². The highest BCUT2D eigenvalue weighted by molar-refractivity contribution is 7.00. The molecular weight excluding hydrogens is 316 g/mol. The third-order valence-electron chi connectivity index (χ3n) is 2.72. The van der Waals surface area contributed by atoms with Gasteiger partial charge in [0.05, 0.1) is 22.4 Å². The van der Waals surface area contributed by atoms with Crippen LogP contribution in [0.15, 0.2) is 12.1 Å². The summed E-state index contributed by atoms with van der Waals surface area (Å²) in [7, 11) is 0. The molecule has 0 fully saturated rings. The van der Waals surface area contributed by atoms with Crippen LogP contribution in [0.3, 0.4) is 0 Å². The van der Waals surface area contributed by atoms with Crippen LogP contribution in [0.2, 0.25) is 5.02 Å². The highest BCUT2D eigenvalue weighted by atomic mass is 35.5. The number of hydrogen-bond donors (Lipinski definition) is 2. The van der Waals surface area contributed by atoms with Crippen LogP contribution < -0.4 is 5.32 Å². The molecule has 1 aromatic heterocycles. The van der Waals surface area contributed by atoms with Crippen molar-refractivity contribution in [3.63, 3.8) is 0 Å². The van der Waals surface area contributed by atoms with Gasteiger partial charge in [-0.15, -0.1) is 0 Å². The number of halogens is 1. The van der Waals surface area contributed by atoms with E-state index in [2.05, 4.69) is 14.1 Å². The number of fused-ring (bicyclic) bond motifs is 1. The molecule has 0 radical (unpaired) electrons. The van der Waals surface area contributed by atoms with Crippen LogP contribution in [0.25, 0.3) is 11.0 Å². The summed E-state index contributed by atoms with van der Waals surface area (Å²) in [4.78, 5) is 24.2. The van der Waals surface area contributed by atoms with Gasteiger partial charge in [-0.1, -0.05) is 18.5 Å². The number of nitrogens with zero attached hydrogens (tertiary/aromatic N) is 3. The number of carboxylic acids is 1. The number of carbonyl (C=O) groups is 2. The molecule has 0 saturated heterocycles. The number of urea groups is 1. The van der Waals surface area contributed by atoms with E-state index in [-0.39, 0.29) is 6.54 Å². The lowest BCUT2D eigenvalue weighted by molar-refractivity contribution is -0.137. The monoisotopic (exact) mass is 328 g/mol. The van der Waals surface area contributed by atoms with Crippen molar-refractivity contribution in [3.05, 3.63) is 17.2 Å². The van der Waals surface area contributed by atoms with Crippen LogP contribution >= 0.6 is 23.3 Å². The zero-order valence-electron chi connectivity index (χ0n) is 11.2. The molecule has 9 heteroatoms. The van der Waals surface area contributed by atoms with Gasteiger partial charge in [-0.25, -0.2) is 4.79 Å². The van der Waals surface area contributed by atoms with Gasteiger partial charge in [0.25, 0.3) is 0 Å². The summed E-state index contributed by atoms with van der Waals surface area (Å²) < 4.78 is 8.17. The standard InChI is InChI=1S/C12H13ClN4O3S/c1-2-5-17(6-9(18)19)12(20)14-10-7(13)3-4-8-11(10)16-21-15-8/h3-4H,2,5-6H2,1H3,(H,14,20)(H,18,19). The van der Waals surface area contributed by atoms with Gasteiger partial charge in [0.2, 0.25) is 0 Å². The number of carbonyl (C=O) groups excluding carboxylic acids is 1. The number of nitrogens with one attached hydrogen (secondary N) is 1. The molecule has 112 valence electrons. The summed E-state index contributed by atoms with van der Waals surface area (Å²) in [6, 6.07) is 2.79. The molecule has 2 rings (SSSR count). The van der Waals surface area contributed by atoms with Crippen LogP contribution in [0, 0.1) is 0 Å². The van der Waals surface area contributed by atoms with Crippen LogP contribution in [-0.4, -0.2) is 43.8 Å². The third kappa shape index (κ3) is 3.59. The van der Waals surface area contributed by atoms with Crippen molar-refractivity contribution in [2.45, 2.75) is 13.3 Å². The Balaban J connectivity index is 2.25. The molecule has 0 saturated carbocycles. The van der Waals surface area contributed by atoms with E-state index < -0.39 is 12.0 Å². The molecule has 0 atom stereocenters. The van der Waals surface area contributed by atoms with Gasteiger partial charge in [-0.05, 0) is 18.6 Å². The minimum Gasteiger partial charge on any atom is -0.480 e. The average Bonchev–Trinajstić information content (AvgIpc) is 2.89. The summed E-state index contributed by atoms with van der Waals surface area (Å²) in [5.41, 5.74) is 1.46.